The van der Waals surface area contributed by atoms with Crippen LogP contribution in [0.3, 0.4) is 0 Å². The molecule has 0 spiro atoms. The summed E-state index contributed by atoms with van der Waals surface area (Å²) in [6.07, 6.45) is -4.33. The zero-order chi connectivity index (χ0) is 9.19. The van der Waals surface area contributed by atoms with Crippen molar-refractivity contribution in [1.29, 1.82) is 0 Å². The van der Waals surface area contributed by atoms with Gasteiger partial charge >= 0.3 is 6.18 Å². The predicted octanol–water partition coefficient (Wildman–Crippen LogP) is 1.96. The van der Waals surface area contributed by atoms with Gasteiger partial charge in [0.25, 0.3) is 0 Å². The highest BCUT2D eigenvalue weighted by atomic mass is 19.4. The number of rotatable bonds is 1. The lowest BCUT2D eigenvalue weighted by molar-refractivity contribution is -0.138. The molecule has 4 heteroatoms. The first-order valence-electron chi connectivity index (χ1n) is 3.32. The Kier molecular flexibility index (Phi) is 2.38. The van der Waals surface area contributed by atoms with Crippen LogP contribution >= 0.6 is 0 Å². The van der Waals surface area contributed by atoms with Crippen molar-refractivity contribution in [2.75, 3.05) is 0 Å². The average Bonchev–Trinajstić information content (AvgIpc) is 2.03. The molecule has 0 heterocycles. The van der Waals surface area contributed by atoms with Gasteiger partial charge in [-0.15, -0.1) is 0 Å². The summed E-state index contributed by atoms with van der Waals surface area (Å²) in [6.45, 7) is -0.143. The fourth-order valence-corrected chi connectivity index (χ4v) is 0.906. The molecule has 0 aliphatic rings. The molecule has 0 aliphatic heterocycles. The number of hydrogen-bond donors (Lipinski definition) is 1. The van der Waals surface area contributed by atoms with E-state index in [4.69, 9.17) is 5.73 Å². The summed E-state index contributed by atoms with van der Waals surface area (Å²) in [4.78, 5) is 0. The molecule has 0 bridgehead atoms. The zero-order valence-electron chi connectivity index (χ0n) is 6.15. The van der Waals surface area contributed by atoms with E-state index in [2.05, 4.69) is 6.07 Å². The van der Waals surface area contributed by atoms with Crippen LogP contribution in [0.25, 0.3) is 0 Å². The molecule has 0 aromatic heterocycles. The van der Waals surface area contributed by atoms with Gasteiger partial charge in [0.15, 0.2) is 0 Å². The molecule has 1 radical (unpaired) electrons. The minimum atomic E-state index is -4.33. The molecule has 0 aliphatic carbocycles. The summed E-state index contributed by atoms with van der Waals surface area (Å²) in [5.74, 6) is 0. The second-order valence-corrected chi connectivity index (χ2v) is 2.26. The highest BCUT2D eigenvalue weighted by Crippen LogP contribution is 2.31. The Morgan fingerprint density at radius 2 is 2.08 bits per heavy atom. The molecule has 1 rings (SSSR count). The highest BCUT2D eigenvalue weighted by Gasteiger charge is 2.32. The molecule has 0 saturated carbocycles. The summed E-state index contributed by atoms with van der Waals surface area (Å²) >= 11 is 0. The third-order valence-electron chi connectivity index (χ3n) is 1.45. The first-order chi connectivity index (χ1) is 5.55. The number of halogens is 3. The minimum Gasteiger partial charge on any atom is -0.326 e. The Morgan fingerprint density at radius 3 is 2.50 bits per heavy atom. The third kappa shape index (κ3) is 1.76. The van der Waals surface area contributed by atoms with Crippen LogP contribution in [-0.2, 0) is 12.7 Å². The molecular formula is C8H7F3N. The topological polar surface area (TPSA) is 26.0 Å². The van der Waals surface area contributed by atoms with Crippen molar-refractivity contribution in [2.45, 2.75) is 12.7 Å². The van der Waals surface area contributed by atoms with E-state index in [0.717, 1.165) is 6.07 Å². The van der Waals surface area contributed by atoms with Crippen molar-refractivity contribution in [3.05, 3.63) is 35.4 Å². The molecule has 0 fully saturated rings. The molecule has 0 unspecified atom stereocenters. The van der Waals surface area contributed by atoms with Crippen LogP contribution in [0.4, 0.5) is 13.2 Å². The number of benzene rings is 1. The van der Waals surface area contributed by atoms with E-state index in [1.807, 2.05) is 0 Å². The summed E-state index contributed by atoms with van der Waals surface area (Å²) in [7, 11) is 0. The molecule has 65 valence electrons. The van der Waals surface area contributed by atoms with Crippen molar-refractivity contribution in [3.63, 3.8) is 0 Å². The van der Waals surface area contributed by atoms with Gasteiger partial charge in [0, 0.05) is 6.54 Å². The van der Waals surface area contributed by atoms with Gasteiger partial charge in [-0.25, -0.2) is 0 Å². The van der Waals surface area contributed by atoms with E-state index in [1.54, 1.807) is 0 Å². The van der Waals surface area contributed by atoms with E-state index in [0.29, 0.717) is 0 Å². The van der Waals surface area contributed by atoms with Crippen molar-refractivity contribution >= 4 is 0 Å². The molecule has 12 heavy (non-hydrogen) atoms. The summed E-state index contributed by atoms with van der Waals surface area (Å²) in [5, 5.41) is 0. The number of alkyl halides is 3. The Bertz CT molecular complexity index is 267. The average molecular weight is 174 g/mol. The van der Waals surface area contributed by atoms with E-state index in [1.165, 1.54) is 12.1 Å². The second kappa shape index (κ2) is 3.15. The Balaban J connectivity index is 3.14. The maximum absolute atomic E-state index is 12.2. The smallest absolute Gasteiger partial charge is 0.326 e. The van der Waals surface area contributed by atoms with E-state index in [-0.39, 0.29) is 12.1 Å². The van der Waals surface area contributed by atoms with Crippen molar-refractivity contribution in [2.24, 2.45) is 5.73 Å². The lowest BCUT2D eigenvalue weighted by atomic mass is 10.1. The SMILES string of the molecule is NCc1[c]cccc1C(F)(F)F. The molecule has 0 atom stereocenters. The van der Waals surface area contributed by atoms with Gasteiger partial charge in [0.2, 0.25) is 0 Å². The van der Waals surface area contributed by atoms with Crippen LogP contribution < -0.4 is 5.73 Å². The van der Waals surface area contributed by atoms with Gasteiger partial charge < -0.3 is 5.73 Å². The van der Waals surface area contributed by atoms with Crippen LogP contribution in [0.1, 0.15) is 11.1 Å². The zero-order valence-corrected chi connectivity index (χ0v) is 6.15. The van der Waals surface area contributed by atoms with E-state index < -0.39 is 11.7 Å². The first kappa shape index (κ1) is 9.06. The largest absolute Gasteiger partial charge is 0.416 e. The van der Waals surface area contributed by atoms with Crippen LogP contribution in [-0.4, -0.2) is 0 Å². The second-order valence-electron chi connectivity index (χ2n) is 2.26. The molecule has 2 N–H and O–H groups in total. The summed E-state index contributed by atoms with van der Waals surface area (Å²) in [6, 6.07) is 6.15. The Morgan fingerprint density at radius 1 is 1.42 bits per heavy atom. The molecule has 0 saturated heterocycles. The molecule has 1 aromatic carbocycles. The van der Waals surface area contributed by atoms with Crippen LogP contribution in [0, 0.1) is 6.07 Å². The number of nitrogens with two attached hydrogens (primary N) is 1. The molecule has 1 aromatic rings. The van der Waals surface area contributed by atoms with Gasteiger partial charge in [-0.05, 0) is 17.7 Å². The standard InChI is InChI=1S/C8H7F3N/c9-8(10,11)7-4-2-1-3-6(7)5-12/h1-2,4H,5,12H2. The van der Waals surface area contributed by atoms with Gasteiger partial charge in [-0.3, -0.25) is 0 Å². The summed E-state index contributed by atoms with van der Waals surface area (Å²) < 4.78 is 36.5. The maximum atomic E-state index is 12.2. The van der Waals surface area contributed by atoms with Gasteiger partial charge in [-0.2, -0.15) is 13.2 Å². The third-order valence-corrected chi connectivity index (χ3v) is 1.45. The fourth-order valence-electron chi connectivity index (χ4n) is 0.906. The van der Waals surface area contributed by atoms with Crippen molar-refractivity contribution in [3.8, 4) is 0 Å². The monoisotopic (exact) mass is 174 g/mol. The normalized spacial score (nSPS) is 11.7. The fraction of sp³-hybridized carbons (Fsp3) is 0.250. The van der Waals surface area contributed by atoms with Crippen LogP contribution in [0.5, 0.6) is 0 Å². The van der Waals surface area contributed by atoms with Crippen molar-refractivity contribution < 1.29 is 13.2 Å². The lowest BCUT2D eigenvalue weighted by Crippen LogP contribution is -2.11. The molecule has 0 amide bonds. The Hall–Kier alpha value is -1.03. The van der Waals surface area contributed by atoms with Crippen LogP contribution in [0.2, 0.25) is 0 Å². The first-order valence-corrected chi connectivity index (χ1v) is 3.32. The minimum absolute atomic E-state index is 0.00463. The van der Waals surface area contributed by atoms with Gasteiger partial charge in [-0.1, -0.05) is 12.1 Å². The Labute approximate surface area is 68.0 Å². The quantitative estimate of drug-likeness (QED) is 0.692. The van der Waals surface area contributed by atoms with Crippen LogP contribution in [0.15, 0.2) is 18.2 Å². The van der Waals surface area contributed by atoms with Gasteiger partial charge in [0.1, 0.15) is 0 Å². The number of hydrogen-bond acceptors (Lipinski definition) is 1. The van der Waals surface area contributed by atoms with Gasteiger partial charge in [0.05, 0.1) is 5.56 Å². The molecule has 1 nitrogen and oxygen atoms in total. The van der Waals surface area contributed by atoms with E-state index >= 15 is 0 Å². The summed E-state index contributed by atoms with van der Waals surface area (Å²) in [5.41, 5.74) is 4.42. The predicted molar refractivity (Wildman–Crippen MR) is 38.2 cm³/mol. The van der Waals surface area contributed by atoms with Crippen molar-refractivity contribution in [1.82, 2.24) is 0 Å². The van der Waals surface area contributed by atoms with E-state index in [9.17, 15) is 13.2 Å². The molecular weight excluding hydrogens is 167 g/mol. The highest BCUT2D eigenvalue weighted by molar-refractivity contribution is 5.28. The maximum Gasteiger partial charge on any atom is 0.416 e. The lowest BCUT2D eigenvalue weighted by Gasteiger charge is -2.09.